The number of nitrogens with two attached hydrogens (primary N) is 1. The lowest BCUT2D eigenvalue weighted by Gasteiger charge is -2.30. The topological polar surface area (TPSA) is 83.9 Å². The number of aliphatic imine (C=N–C) groups is 1. The molecule has 6 nitrogen and oxygen atoms in total. The van der Waals surface area contributed by atoms with Crippen molar-refractivity contribution in [2.75, 3.05) is 39.7 Å². The van der Waals surface area contributed by atoms with E-state index in [2.05, 4.69) is 17.6 Å². The number of rotatable bonds is 5. The Labute approximate surface area is 153 Å². The van der Waals surface area contributed by atoms with E-state index in [9.17, 15) is 5.26 Å². The molecule has 1 aliphatic carbocycles. The van der Waals surface area contributed by atoms with Crippen LogP contribution in [0.1, 0.15) is 6.42 Å². The molecule has 1 saturated heterocycles. The number of thioether (sulfide) groups is 1. The third-order valence-electron chi connectivity index (χ3n) is 4.05. The van der Waals surface area contributed by atoms with Gasteiger partial charge in [-0.25, -0.2) is 4.99 Å². The van der Waals surface area contributed by atoms with Gasteiger partial charge in [0.25, 0.3) is 0 Å². The maximum atomic E-state index is 9.60. The SMILES string of the molecule is C=C(/N=C(\C(C#N)=C(/N)SC)N1CCOCC1)C1=CCC(OC)C=C1. The molecule has 0 amide bonds. The van der Waals surface area contributed by atoms with Crippen molar-refractivity contribution in [3.8, 4) is 6.07 Å². The largest absolute Gasteiger partial charge is 0.392 e. The number of ether oxygens (including phenoxy) is 2. The fourth-order valence-electron chi connectivity index (χ4n) is 2.56. The van der Waals surface area contributed by atoms with E-state index < -0.39 is 0 Å². The Hall–Kier alpha value is -2.01. The molecule has 2 N–H and O–H groups in total. The molecule has 2 aliphatic rings. The van der Waals surface area contributed by atoms with Gasteiger partial charge in [0.15, 0.2) is 0 Å². The van der Waals surface area contributed by atoms with Crippen molar-refractivity contribution < 1.29 is 9.47 Å². The predicted molar refractivity (Wildman–Crippen MR) is 102 cm³/mol. The summed E-state index contributed by atoms with van der Waals surface area (Å²) in [6.07, 6.45) is 8.69. The van der Waals surface area contributed by atoms with Crippen LogP contribution in [0.4, 0.5) is 0 Å². The van der Waals surface area contributed by atoms with Crippen LogP contribution in [0.3, 0.4) is 0 Å². The highest BCUT2D eigenvalue weighted by atomic mass is 32.2. The second-order valence-electron chi connectivity index (χ2n) is 5.57. The van der Waals surface area contributed by atoms with Crippen LogP contribution in [-0.2, 0) is 9.47 Å². The van der Waals surface area contributed by atoms with E-state index >= 15 is 0 Å². The van der Waals surface area contributed by atoms with Gasteiger partial charge in [0.2, 0.25) is 0 Å². The first-order valence-electron chi connectivity index (χ1n) is 8.06. The highest BCUT2D eigenvalue weighted by Gasteiger charge is 2.22. The van der Waals surface area contributed by atoms with Crippen molar-refractivity contribution in [1.29, 1.82) is 5.26 Å². The molecule has 0 saturated carbocycles. The lowest BCUT2D eigenvalue weighted by atomic mass is 10.0. The molecule has 7 heteroatoms. The molecule has 1 fully saturated rings. The molecule has 1 heterocycles. The fourth-order valence-corrected chi connectivity index (χ4v) is 2.90. The van der Waals surface area contributed by atoms with Gasteiger partial charge in [-0.15, -0.1) is 11.8 Å². The second kappa shape index (κ2) is 9.47. The van der Waals surface area contributed by atoms with Gasteiger partial charge in [0.1, 0.15) is 17.5 Å². The Balaban J connectivity index is 2.33. The molecule has 0 aromatic carbocycles. The van der Waals surface area contributed by atoms with Crippen LogP contribution >= 0.6 is 11.8 Å². The van der Waals surface area contributed by atoms with Crippen molar-refractivity contribution in [1.82, 2.24) is 4.90 Å². The van der Waals surface area contributed by atoms with Gasteiger partial charge in [-0.1, -0.05) is 24.8 Å². The Morgan fingerprint density at radius 2 is 2.24 bits per heavy atom. The maximum Gasteiger partial charge on any atom is 0.150 e. The summed E-state index contributed by atoms with van der Waals surface area (Å²) >= 11 is 1.34. The number of methoxy groups -OCH3 is 1. The summed E-state index contributed by atoms with van der Waals surface area (Å²) in [5, 5.41) is 10.1. The molecular weight excluding hydrogens is 336 g/mol. The molecule has 0 aromatic rings. The zero-order valence-corrected chi connectivity index (χ0v) is 15.5. The first kappa shape index (κ1) is 19.3. The molecule has 25 heavy (non-hydrogen) atoms. The smallest absolute Gasteiger partial charge is 0.150 e. The van der Waals surface area contributed by atoms with Gasteiger partial charge in [-0.3, -0.25) is 0 Å². The monoisotopic (exact) mass is 360 g/mol. The van der Waals surface area contributed by atoms with E-state index in [1.54, 1.807) is 7.11 Å². The van der Waals surface area contributed by atoms with Crippen molar-refractivity contribution in [2.45, 2.75) is 12.5 Å². The highest BCUT2D eigenvalue weighted by Crippen LogP contribution is 2.22. The van der Waals surface area contributed by atoms with Crippen LogP contribution in [0.5, 0.6) is 0 Å². The summed E-state index contributed by atoms with van der Waals surface area (Å²) in [7, 11) is 1.69. The third kappa shape index (κ3) is 4.98. The first-order chi connectivity index (χ1) is 12.1. The van der Waals surface area contributed by atoms with Crippen LogP contribution in [0.25, 0.3) is 0 Å². The zero-order valence-electron chi connectivity index (χ0n) is 14.7. The minimum absolute atomic E-state index is 0.0842. The van der Waals surface area contributed by atoms with Crippen LogP contribution in [0, 0.1) is 11.3 Å². The minimum Gasteiger partial charge on any atom is -0.392 e. The number of nitrogens with zero attached hydrogens (tertiary/aromatic N) is 3. The minimum atomic E-state index is 0.0842. The van der Waals surface area contributed by atoms with Crippen molar-refractivity contribution in [2.24, 2.45) is 10.7 Å². The first-order valence-corrected chi connectivity index (χ1v) is 9.29. The van der Waals surface area contributed by atoms with E-state index in [4.69, 9.17) is 15.2 Å². The number of hydrogen-bond acceptors (Lipinski definition) is 6. The van der Waals surface area contributed by atoms with Gasteiger partial charge in [-0.2, -0.15) is 5.26 Å². The molecule has 1 aliphatic heterocycles. The number of allylic oxidation sites excluding steroid dienone is 1. The summed E-state index contributed by atoms with van der Waals surface area (Å²) in [4.78, 5) is 6.70. The number of amidine groups is 1. The summed E-state index contributed by atoms with van der Waals surface area (Å²) in [6.45, 7) is 6.61. The molecule has 1 atom stereocenters. The number of hydrogen-bond donors (Lipinski definition) is 1. The maximum absolute atomic E-state index is 9.60. The Kier molecular flexibility index (Phi) is 7.31. The average Bonchev–Trinajstić information content (AvgIpc) is 2.68. The summed E-state index contributed by atoms with van der Waals surface area (Å²) in [5.41, 5.74) is 7.95. The standard InChI is InChI=1S/C18H24N4O2S/c1-13(14-4-6-15(23-2)7-5-14)21-18(16(12-19)17(20)25-3)22-8-10-24-11-9-22/h4-6,15H,1,7-11,20H2,2-3H3/b17-16+,21-18+. The zero-order chi connectivity index (χ0) is 18.2. The molecule has 0 radical (unpaired) electrons. The Morgan fingerprint density at radius 1 is 1.52 bits per heavy atom. The molecule has 2 rings (SSSR count). The molecule has 134 valence electrons. The molecule has 1 unspecified atom stereocenters. The van der Waals surface area contributed by atoms with E-state index in [0.717, 1.165) is 12.0 Å². The Morgan fingerprint density at radius 3 is 2.76 bits per heavy atom. The lowest BCUT2D eigenvalue weighted by molar-refractivity contribution is 0.0682. The van der Waals surface area contributed by atoms with Crippen LogP contribution < -0.4 is 5.73 Å². The van der Waals surface area contributed by atoms with Crippen LogP contribution in [0.2, 0.25) is 0 Å². The summed E-state index contributed by atoms with van der Waals surface area (Å²) in [5.74, 6) is 0.561. The molecular formula is C18H24N4O2S. The molecule has 0 spiro atoms. The van der Waals surface area contributed by atoms with Gasteiger partial charge in [0, 0.05) is 20.2 Å². The van der Waals surface area contributed by atoms with Gasteiger partial charge in [-0.05, 0) is 18.2 Å². The van der Waals surface area contributed by atoms with Gasteiger partial charge < -0.3 is 20.1 Å². The second-order valence-corrected chi connectivity index (χ2v) is 6.41. The quantitative estimate of drug-likeness (QED) is 0.460. The van der Waals surface area contributed by atoms with E-state index in [0.29, 0.717) is 48.4 Å². The van der Waals surface area contributed by atoms with Crippen molar-refractivity contribution in [3.63, 3.8) is 0 Å². The molecule has 0 bridgehead atoms. The van der Waals surface area contributed by atoms with Gasteiger partial charge >= 0.3 is 0 Å². The fraction of sp³-hybridized carbons (Fsp3) is 0.444. The van der Waals surface area contributed by atoms with Gasteiger partial charge in [0.05, 0.1) is 30.0 Å². The van der Waals surface area contributed by atoms with Crippen LogP contribution in [0.15, 0.2) is 51.7 Å². The summed E-state index contributed by atoms with van der Waals surface area (Å²) < 4.78 is 10.7. The Bertz CT molecular complexity index is 667. The highest BCUT2D eigenvalue weighted by molar-refractivity contribution is 8.02. The van der Waals surface area contributed by atoms with Crippen LogP contribution in [-0.4, -0.2) is 56.5 Å². The third-order valence-corrected chi connectivity index (χ3v) is 4.69. The van der Waals surface area contributed by atoms with Crippen molar-refractivity contribution in [3.05, 3.63) is 46.7 Å². The van der Waals surface area contributed by atoms with E-state index in [1.807, 2.05) is 29.4 Å². The summed E-state index contributed by atoms with van der Waals surface area (Å²) in [6, 6.07) is 2.20. The molecule has 0 aromatic heterocycles. The normalized spacial score (nSPS) is 22.1. The lowest BCUT2D eigenvalue weighted by Crippen LogP contribution is -2.42. The predicted octanol–water partition coefficient (Wildman–Crippen LogP) is 2.19. The van der Waals surface area contributed by atoms with E-state index in [-0.39, 0.29) is 6.10 Å². The van der Waals surface area contributed by atoms with E-state index in [1.165, 1.54) is 11.8 Å². The van der Waals surface area contributed by atoms with Crippen molar-refractivity contribution >= 4 is 17.6 Å². The number of morpholine rings is 1. The number of nitriles is 1. The average molecular weight is 360 g/mol.